The van der Waals surface area contributed by atoms with Crippen LogP contribution in [-0.2, 0) is 0 Å². The van der Waals surface area contributed by atoms with Gasteiger partial charge in [0, 0.05) is 16.6 Å². The van der Waals surface area contributed by atoms with Gasteiger partial charge in [0.15, 0.2) is 0 Å². The highest BCUT2D eigenvalue weighted by atomic mass is 16.3. The first kappa shape index (κ1) is 12.2. The van der Waals surface area contributed by atoms with E-state index in [1.165, 1.54) is 6.26 Å². The Balaban J connectivity index is 1.87. The maximum Gasteiger partial charge on any atom is 0.259 e. The molecule has 1 amide bonds. The van der Waals surface area contributed by atoms with Crippen molar-refractivity contribution in [3.63, 3.8) is 0 Å². The summed E-state index contributed by atoms with van der Waals surface area (Å²) in [5.74, 6) is -0.242. The van der Waals surface area contributed by atoms with Gasteiger partial charge < -0.3 is 9.73 Å². The molecule has 4 nitrogen and oxygen atoms in total. The summed E-state index contributed by atoms with van der Waals surface area (Å²) in [5, 5.41) is 3.55. The van der Waals surface area contributed by atoms with Gasteiger partial charge in [0.1, 0.15) is 18.1 Å². The van der Waals surface area contributed by atoms with E-state index in [1.807, 2.05) is 24.3 Å². The Bertz CT molecular complexity index is 772. The van der Waals surface area contributed by atoms with Gasteiger partial charge in [-0.15, -0.1) is 0 Å². The molecule has 0 unspecified atom stereocenters. The van der Waals surface area contributed by atoms with E-state index < -0.39 is 0 Å². The van der Waals surface area contributed by atoms with Crippen LogP contribution in [0.5, 0.6) is 0 Å². The fourth-order valence-electron chi connectivity index (χ4n) is 2.00. The number of carbonyl (C=O) groups is 2. The summed E-state index contributed by atoms with van der Waals surface area (Å²) >= 11 is 0. The zero-order valence-corrected chi connectivity index (χ0v) is 10.5. The lowest BCUT2D eigenvalue weighted by atomic mass is 10.1. The molecular weight excluding hydrogens is 254 g/mol. The predicted octanol–water partition coefficient (Wildman–Crippen LogP) is 3.50. The summed E-state index contributed by atoms with van der Waals surface area (Å²) in [6.45, 7) is 0. The lowest BCUT2D eigenvalue weighted by Crippen LogP contribution is -2.11. The Morgan fingerprint density at radius 3 is 2.55 bits per heavy atom. The molecule has 0 aliphatic carbocycles. The number of furan rings is 1. The molecule has 98 valence electrons. The average molecular weight is 265 g/mol. The summed E-state index contributed by atoms with van der Waals surface area (Å²) in [6, 6.07) is 14.0. The maximum absolute atomic E-state index is 12.2. The minimum absolute atomic E-state index is 0.242. The molecule has 3 aromatic rings. The molecule has 0 aliphatic heterocycles. The summed E-state index contributed by atoms with van der Waals surface area (Å²) in [5.41, 5.74) is 2.36. The molecule has 20 heavy (non-hydrogen) atoms. The molecule has 2 aromatic carbocycles. The van der Waals surface area contributed by atoms with Crippen LogP contribution in [0.1, 0.15) is 20.7 Å². The second-order valence-corrected chi connectivity index (χ2v) is 4.34. The first-order valence-corrected chi connectivity index (χ1v) is 6.11. The number of nitrogens with one attached hydrogen (secondary N) is 1. The molecule has 0 spiro atoms. The first-order chi connectivity index (χ1) is 9.78. The summed E-state index contributed by atoms with van der Waals surface area (Å²) in [4.78, 5) is 22.8. The van der Waals surface area contributed by atoms with Crippen LogP contribution in [0.25, 0.3) is 11.0 Å². The number of anilines is 1. The molecule has 0 saturated carbocycles. The van der Waals surface area contributed by atoms with Crippen LogP contribution < -0.4 is 5.32 Å². The second-order valence-electron chi connectivity index (χ2n) is 4.34. The number of hydrogen-bond donors (Lipinski definition) is 1. The number of carbonyl (C=O) groups excluding carboxylic acids is 2. The molecule has 0 bridgehead atoms. The van der Waals surface area contributed by atoms with Crippen molar-refractivity contribution in [2.75, 3.05) is 5.32 Å². The number of benzene rings is 2. The SMILES string of the molecule is O=Cc1ccc(NC(=O)c2coc3ccccc23)cc1. The number of para-hydroxylation sites is 1. The summed E-state index contributed by atoms with van der Waals surface area (Å²) < 4.78 is 5.34. The smallest absolute Gasteiger partial charge is 0.259 e. The maximum atomic E-state index is 12.2. The molecule has 0 aliphatic rings. The largest absolute Gasteiger partial charge is 0.463 e. The Hall–Kier alpha value is -2.88. The van der Waals surface area contributed by atoms with Crippen LogP contribution in [0, 0.1) is 0 Å². The van der Waals surface area contributed by atoms with E-state index in [-0.39, 0.29) is 5.91 Å². The zero-order chi connectivity index (χ0) is 13.9. The van der Waals surface area contributed by atoms with Gasteiger partial charge in [-0.3, -0.25) is 9.59 Å². The van der Waals surface area contributed by atoms with E-state index in [9.17, 15) is 9.59 Å². The molecule has 1 N–H and O–H groups in total. The number of fused-ring (bicyclic) bond motifs is 1. The van der Waals surface area contributed by atoms with Crippen molar-refractivity contribution >= 4 is 28.8 Å². The van der Waals surface area contributed by atoms with E-state index in [0.717, 1.165) is 11.7 Å². The van der Waals surface area contributed by atoms with Crippen LogP contribution in [0.3, 0.4) is 0 Å². The van der Waals surface area contributed by atoms with Crippen LogP contribution in [0.2, 0.25) is 0 Å². The van der Waals surface area contributed by atoms with Gasteiger partial charge in [0.2, 0.25) is 0 Å². The highest BCUT2D eigenvalue weighted by molar-refractivity contribution is 6.12. The fraction of sp³-hybridized carbons (Fsp3) is 0. The monoisotopic (exact) mass is 265 g/mol. The Labute approximate surface area is 115 Å². The molecule has 0 fully saturated rings. The van der Waals surface area contributed by atoms with E-state index in [4.69, 9.17) is 4.42 Å². The van der Waals surface area contributed by atoms with Crippen LogP contribution >= 0.6 is 0 Å². The number of hydrogen-bond acceptors (Lipinski definition) is 3. The van der Waals surface area contributed by atoms with Crippen molar-refractivity contribution in [1.29, 1.82) is 0 Å². The molecule has 0 radical (unpaired) electrons. The van der Waals surface area contributed by atoms with Crippen LogP contribution in [0.15, 0.2) is 59.2 Å². The quantitative estimate of drug-likeness (QED) is 0.737. The number of aldehydes is 1. The summed E-state index contributed by atoms with van der Waals surface area (Å²) in [6.07, 6.45) is 2.20. The van der Waals surface area contributed by atoms with Crippen molar-refractivity contribution in [3.8, 4) is 0 Å². The molecule has 4 heteroatoms. The van der Waals surface area contributed by atoms with Crippen molar-refractivity contribution in [3.05, 3.63) is 65.9 Å². The Kier molecular flexibility index (Phi) is 3.05. The van der Waals surface area contributed by atoms with E-state index >= 15 is 0 Å². The van der Waals surface area contributed by atoms with E-state index in [1.54, 1.807) is 24.3 Å². The molecule has 1 heterocycles. The highest BCUT2D eigenvalue weighted by Gasteiger charge is 2.13. The summed E-state index contributed by atoms with van der Waals surface area (Å²) in [7, 11) is 0. The number of amides is 1. The normalized spacial score (nSPS) is 10.4. The standard InChI is InChI=1S/C16H11NO3/c18-9-11-5-7-12(8-6-11)17-16(19)14-10-20-15-4-2-1-3-13(14)15/h1-10H,(H,17,19). The highest BCUT2D eigenvalue weighted by Crippen LogP contribution is 2.21. The minimum atomic E-state index is -0.242. The third-order valence-corrected chi connectivity index (χ3v) is 3.03. The third kappa shape index (κ3) is 2.19. The van der Waals surface area contributed by atoms with Crippen molar-refractivity contribution in [2.24, 2.45) is 0 Å². The van der Waals surface area contributed by atoms with Crippen LogP contribution in [0.4, 0.5) is 5.69 Å². The molecule has 3 rings (SSSR count). The average Bonchev–Trinajstić information content (AvgIpc) is 2.92. The van der Waals surface area contributed by atoms with Gasteiger partial charge in [0.25, 0.3) is 5.91 Å². The zero-order valence-electron chi connectivity index (χ0n) is 10.5. The van der Waals surface area contributed by atoms with E-state index in [2.05, 4.69) is 5.32 Å². The lowest BCUT2D eigenvalue weighted by Gasteiger charge is -2.03. The van der Waals surface area contributed by atoms with Crippen LogP contribution in [-0.4, -0.2) is 12.2 Å². The third-order valence-electron chi connectivity index (χ3n) is 3.03. The van der Waals surface area contributed by atoms with E-state index in [0.29, 0.717) is 22.4 Å². The van der Waals surface area contributed by atoms with Gasteiger partial charge in [-0.05, 0) is 30.3 Å². The first-order valence-electron chi connectivity index (χ1n) is 6.11. The number of rotatable bonds is 3. The van der Waals surface area contributed by atoms with Gasteiger partial charge in [-0.25, -0.2) is 0 Å². The Morgan fingerprint density at radius 1 is 1.05 bits per heavy atom. The minimum Gasteiger partial charge on any atom is -0.463 e. The van der Waals surface area contributed by atoms with Crippen molar-refractivity contribution in [2.45, 2.75) is 0 Å². The van der Waals surface area contributed by atoms with Crippen molar-refractivity contribution < 1.29 is 14.0 Å². The topological polar surface area (TPSA) is 59.3 Å². The molecular formula is C16H11NO3. The predicted molar refractivity (Wildman–Crippen MR) is 76.0 cm³/mol. The van der Waals surface area contributed by atoms with Gasteiger partial charge in [-0.1, -0.05) is 18.2 Å². The second kappa shape index (κ2) is 5.01. The van der Waals surface area contributed by atoms with Gasteiger partial charge in [-0.2, -0.15) is 0 Å². The molecule has 1 aromatic heterocycles. The Morgan fingerprint density at radius 2 is 1.80 bits per heavy atom. The molecule has 0 atom stereocenters. The lowest BCUT2D eigenvalue weighted by molar-refractivity contribution is 0.102. The van der Waals surface area contributed by atoms with Gasteiger partial charge >= 0.3 is 0 Å². The van der Waals surface area contributed by atoms with Gasteiger partial charge in [0.05, 0.1) is 5.56 Å². The van der Waals surface area contributed by atoms with Crippen molar-refractivity contribution in [1.82, 2.24) is 0 Å². The fourth-order valence-corrected chi connectivity index (χ4v) is 2.00. The molecule has 0 saturated heterocycles.